The van der Waals surface area contributed by atoms with Gasteiger partial charge in [0, 0.05) is 16.5 Å². The number of rotatable bonds is 4. The van der Waals surface area contributed by atoms with E-state index in [1.807, 2.05) is 18.2 Å². The third-order valence-corrected chi connectivity index (χ3v) is 8.29. The zero-order chi connectivity index (χ0) is 24.1. The van der Waals surface area contributed by atoms with Gasteiger partial charge in [-0.05, 0) is 61.9 Å². The number of fused-ring (bicyclic) bond motifs is 1. The number of hydrogen-bond acceptors (Lipinski definition) is 4. The molecule has 0 spiro atoms. The molecule has 0 aliphatic carbocycles. The molecule has 1 unspecified atom stereocenters. The second-order valence-electron chi connectivity index (χ2n) is 8.81. The molecule has 0 bridgehead atoms. The second-order valence-corrected chi connectivity index (χ2v) is 11.4. The van der Waals surface area contributed by atoms with Crippen molar-refractivity contribution in [2.24, 2.45) is 0 Å². The van der Waals surface area contributed by atoms with Gasteiger partial charge in [-0.25, -0.2) is 17.5 Å². The van der Waals surface area contributed by atoms with Crippen molar-refractivity contribution >= 4 is 38.2 Å². The van der Waals surface area contributed by atoms with Crippen LogP contribution in [-0.2, 0) is 9.84 Å². The zero-order valence-corrected chi connectivity index (χ0v) is 19.8. The summed E-state index contributed by atoms with van der Waals surface area (Å²) < 4.78 is 39.1. The Hall–Kier alpha value is -3.23. The predicted octanol–water partition coefficient (Wildman–Crippen LogP) is 4.79. The summed E-state index contributed by atoms with van der Waals surface area (Å²) in [5.74, 6) is -0.765. The number of aromatic nitrogens is 2. The molecule has 3 aromatic carbocycles. The number of nitrogens with one attached hydrogen (secondary N) is 1. The van der Waals surface area contributed by atoms with E-state index in [-0.39, 0.29) is 23.2 Å². The molecule has 4 aromatic rings. The fourth-order valence-corrected chi connectivity index (χ4v) is 6.66. The van der Waals surface area contributed by atoms with E-state index in [4.69, 9.17) is 16.7 Å². The first-order valence-electron chi connectivity index (χ1n) is 10.7. The second kappa shape index (κ2) is 8.21. The van der Waals surface area contributed by atoms with Crippen LogP contribution >= 0.6 is 11.6 Å². The minimum atomic E-state index is -3.17. The molecule has 174 valence electrons. The molecule has 0 radical (unpaired) electrons. The largest absolute Gasteiger partial charge is 0.346 e. The number of carbonyl (C=O) groups is 1. The highest BCUT2D eigenvalue weighted by Gasteiger charge is 2.39. The predicted molar refractivity (Wildman–Crippen MR) is 131 cm³/mol. The molecule has 1 saturated heterocycles. The molecule has 5 rings (SSSR count). The van der Waals surface area contributed by atoms with Gasteiger partial charge in [-0.15, -0.1) is 0 Å². The standard InChI is InChI=1S/C25H21ClFN3O3S/c1-25(12-13-34(32,33)15-25)28-24(31)16-6-11-20-22(14-16)30(18-9-7-17(27)8-10-18)29-23(20)19-4-2-3-5-21(19)26/h2-11,14H,12-13,15H2,1H3,(H,28,31). The molecule has 1 fully saturated rings. The van der Waals surface area contributed by atoms with Crippen LogP contribution in [0.25, 0.3) is 27.8 Å². The Bertz CT molecular complexity index is 1530. The maximum atomic E-state index is 13.6. The Labute approximate surface area is 201 Å². The van der Waals surface area contributed by atoms with Crippen LogP contribution in [0.5, 0.6) is 0 Å². The Kier molecular flexibility index (Phi) is 5.45. The van der Waals surface area contributed by atoms with Crippen molar-refractivity contribution in [3.05, 3.63) is 83.1 Å². The Balaban J connectivity index is 1.62. The third-order valence-electron chi connectivity index (χ3n) is 6.06. The van der Waals surface area contributed by atoms with Gasteiger partial charge in [-0.3, -0.25) is 4.79 Å². The van der Waals surface area contributed by atoms with E-state index in [2.05, 4.69) is 5.32 Å². The van der Waals surface area contributed by atoms with Gasteiger partial charge in [0.1, 0.15) is 11.5 Å². The van der Waals surface area contributed by atoms with Crippen molar-refractivity contribution in [1.29, 1.82) is 0 Å². The van der Waals surface area contributed by atoms with Gasteiger partial charge in [0.05, 0.1) is 33.3 Å². The highest BCUT2D eigenvalue weighted by molar-refractivity contribution is 7.91. The normalized spacial score (nSPS) is 19.4. The first-order chi connectivity index (χ1) is 16.1. The smallest absolute Gasteiger partial charge is 0.251 e. The molecular weight excluding hydrogens is 477 g/mol. The van der Waals surface area contributed by atoms with Crippen LogP contribution in [0.2, 0.25) is 5.02 Å². The van der Waals surface area contributed by atoms with Crippen molar-refractivity contribution in [3.8, 4) is 16.9 Å². The first kappa shape index (κ1) is 22.6. The summed E-state index contributed by atoms with van der Waals surface area (Å²) in [5.41, 5.74) is 2.17. The average Bonchev–Trinajstić information content (AvgIpc) is 3.30. The zero-order valence-electron chi connectivity index (χ0n) is 18.3. The van der Waals surface area contributed by atoms with Gasteiger partial charge < -0.3 is 5.32 Å². The topological polar surface area (TPSA) is 81.1 Å². The minimum absolute atomic E-state index is 0.0569. The number of benzene rings is 3. The Morgan fingerprint density at radius 3 is 2.53 bits per heavy atom. The van der Waals surface area contributed by atoms with Crippen LogP contribution < -0.4 is 5.32 Å². The molecule has 34 heavy (non-hydrogen) atoms. The van der Waals surface area contributed by atoms with E-state index in [1.165, 1.54) is 12.1 Å². The van der Waals surface area contributed by atoms with E-state index < -0.39 is 15.4 Å². The number of hydrogen-bond donors (Lipinski definition) is 1. The molecule has 1 aliphatic rings. The van der Waals surface area contributed by atoms with Crippen LogP contribution in [-0.4, -0.2) is 41.2 Å². The van der Waals surface area contributed by atoms with E-state index in [1.54, 1.807) is 48.0 Å². The summed E-state index contributed by atoms with van der Waals surface area (Å²) in [6.07, 6.45) is 0.369. The lowest BCUT2D eigenvalue weighted by atomic mass is 10.0. The lowest BCUT2D eigenvalue weighted by molar-refractivity contribution is 0.0915. The van der Waals surface area contributed by atoms with E-state index >= 15 is 0 Å². The molecule has 9 heteroatoms. The van der Waals surface area contributed by atoms with E-state index in [0.717, 1.165) is 10.9 Å². The number of nitrogens with zero attached hydrogens (tertiary/aromatic N) is 2. The van der Waals surface area contributed by atoms with Gasteiger partial charge in [0.2, 0.25) is 0 Å². The van der Waals surface area contributed by atoms with Crippen LogP contribution in [0.15, 0.2) is 66.7 Å². The molecule has 1 amide bonds. The maximum Gasteiger partial charge on any atom is 0.251 e. The number of halogens is 2. The third kappa shape index (κ3) is 4.19. The highest BCUT2D eigenvalue weighted by Crippen LogP contribution is 2.34. The molecule has 1 aromatic heterocycles. The number of amides is 1. The van der Waals surface area contributed by atoms with E-state index in [0.29, 0.717) is 33.9 Å². The molecule has 6 nitrogen and oxygen atoms in total. The van der Waals surface area contributed by atoms with Gasteiger partial charge in [0.15, 0.2) is 9.84 Å². The monoisotopic (exact) mass is 497 g/mol. The maximum absolute atomic E-state index is 13.6. The van der Waals surface area contributed by atoms with Crippen LogP contribution in [0.4, 0.5) is 4.39 Å². The van der Waals surface area contributed by atoms with Gasteiger partial charge in [0.25, 0.3) is 5.91 Å². The van der Waals surface area contributed by atoms with Crippen molar-refractivity contribution < 1.29 is 17.6 Å². The average molecular weight is 498 g/mol. The summed E-state index contributed by atoms with van der Waals surface area (Å²) in [6, 6.07) is 18.4. The Morgan fingerprint density at radius 1 is 1.12 bits per heavy atom. The van der Waals surface area contributed by atoms with Crippen LogP contribution in [0.1, 0.15) is 23.7 Å². The fourth-order valence-electron chi connectivity index (χ4n) is 4.34. The van der Waals surface area contributed by atoms with Crippen molar-refractivity contribution in [2.45, 2.75) is 18.9 Å². The first-order valence-corrected chi connectivity index (χ1v) is 12.9. The van der Waals surface area contributed by atoms with Crippen molar-refractivity contribution in [1.82, 2.24) is 15.1 Å². The lowest BCUT2D eigenvalue weighted by Gasteiger charge is -2.23. The summed E-state index contributed by atoms with van der Waals surface area (Å²) in [7, 11) is -3.17. The van der Waals surface area contributed by atoms with Crippen LogP contribution in [0, 0.1) is 5.82 Å². The fraction of sp³-hybridized carbons (Fsp3) is 0.200. The molecule has 2 heterocycles. The van der Waals surface area contributed by atoms with Crippen molar-refractivity contribution in [3.63, 3.8) is 0 Å². The molecule has 1 N–H and O–H groups in total. The molecule has 0 saturated carbocycles. The van der Waals surface area contributed by atoms with Gasteiger partial charge in [-0.1, -0.05) is 29.8 Å². The SMILES string of the molecule is CC1(NC(=O)c2ccc3c(-c4ccccc4Cl)nn(-c4ccc(F)cc4)c3c2)CCS(=O)(=O)C1. The summed E-state index contributed by atoms with van der Waals surface area (Å²) in [4.78, 5) is 13.1. The minimum Gasteiger partial charge on any atom is -0.346 e. The van der Waals surface area contributed by atoms with Crippen molar-refractivity contribution in [2.75, 3.05) is 11.5 Å². The lowest BCUT2D eigenvalue weighted by Crippen LogP contribution is -2.46. The van der Waals surface area contributed by atoms with Gasteiger partial charge >= 0.3 is 0 Å². The Morgan fingerprint density at radius 2 is 1.85 bits per heavy atom. The summed E-state index contributed by atoms with van der Waals surface area (Å²) >= 11 is 6.44. The number of sulfone groups is 1. The van der Waals surface area contributed by atoms with Crippen LogP contribution in [0.3, 0.4) is 0 Å². The molecule has 1 aliphatic heterocycles. The quantitative estimate of drug-likeness (QED) is 0.439. The van der Waals surface area contributed by atoms with E-state index in [9.17, 15) is 17.6 Å². The summed E-state index contributed by atoms with van der Waals surface area (Å²) in [6.45, 7) is 1.74. The molecule has 1 atom stereocenters. The number of carbonyl (C=O) groups excluding carboxylic acids is 1. The summed E-state index contributed by atoms with van der Waals surface area (Å²) in [5, 5.41) is 8.94. The highest BCUT2D eigenvalue weighted by atomic mass is 35.5. The molecular formula is C25H21ClFN3O3S. The van der Waals surface area contributed by atoms with Gasteiger partial charge in [-0.2, -0.15) is 5.10 Å².